The van der Waals surface area contributed by atoms with Gasteiger partial charge in [-0.3, -0.25) is 14.6 Å². The second-order valence-corrected chi connectivity index (χ2v) is 7.14. The number of hydrogen-bond donors (Lipinski definition) is 4. The van der Waals surface area contributed by atoms with Gasteiger partial charge in [0.25, 0.3) is 5.91 Å². The molecule has 5 N–H and O–H groups in total. The van der Waals surface area contributed by atoms with Crippen molar-refractivity contribution >= 4 is 17.8 Å². The summed E-state index contributed by atoms with van der Waals surface area (Å²) in [5.41, 5.74) is 6.53. The predicted octanol–water partition coefficient (Wildman–Crippen LogP) is 1.78. The van der Waals surface area contributed by atoms with Gasteiger partial charge in [-0.1, -0.05) is 38.8 Å². The van der Waals surface area contributed by atoms with Gasteiger partial charge in [0.1, 0.15) is 0 Å². The van der Waals surface area contributed by atoms with Gasteiger partial charge in [0, 0.05) is 25.2 Å². The molecule has 1 aromatic rings. The highest BCUT2D eigenvalue weighted by Crippen LogP contribution is 2.08. The molecular weight excluding hydrogens is 342 g/mol. The average molecular weight is 376 g/mol. The van der Waals surface area contributed by atoms with E-state index in [1.807, 2.05) is 12.1 Å². The van der Waals surface area contributed by atoms with E-state index in [0.29, 0.717) is 18.2 Å². The maximum absolute atomic E-state index is 11.9. The SMILES string of the molecule is CN=C(NCc1ccc(C(=O)NCC(N)=O)cc1)NC(C)CCCC(C)C. The standard InChI is InChI=1S/C20H33N5O2/c1-14(2)6-5-7-15(3)25-20(22-4)24-12-16-8-10-17(11-9-16)19(27)23-13-18(21)26/h8-11,14-15H,5-7,12-13H2,1-4H3,(H2,21,26)(H,23,27)(H2,22,24,25). The van der Waals surface area contributed by atoms with Crippen LogP contribution in [0.15, 0.2) is 29.3 Å². The van der Waals surface area contributed by atoms with Crippen LogP contribution in [-0.2, 0) is 11.3 Å². The van der Waals surface area contributed by atoms with Crippen LogP contribution in [0.5, 0.6) is 0 Å². The minimum atomic E-state index is -0.568. The first-order valence-electron chi connectivity index (χ1n) is 9.44. The van der Waals surface area contributed by atoms with Crippen LogP contribution in [0.4, 0.5) is 0 Å². The van der Waals surface area contributed by atoms with Crippen molar-refractivity contribution in [2.24, 2.45) is 16.6 Å². The van der Waals surface area contributed by atoms with Gasteiger partial charge in [-0.2, -0.15) is 0 Å². The number of amides is 2. The zero-order chi connectivity index (χ0) is 20.2. The molecule has 0 spiro atoms. The molecule has 27 heavy (non-hydrogen) atoms. The van der Waals surface area contributed by atoms with Crippen LogP contribution in [0.2, 0.25) is 0 Å². The molecule has 1 rings (SSSR count). The molecule has 0 heterocycles. The Hall–Kier alpha value is -2.57. The molecule has 1 unspecified atom stereocenters. The summed E-state index contributed by atoms with van der Waals surface area (Å²) in [7, 11) is 1.75. The number of guanidine groups is 1. The highest BCUT2D eigenvalue weighted by Gasteiger charge is 2.08. The monoisotopic (exact) mass is 375 g/mol. The molecule has 0 fully saturated rings. The van der Waals surface area contributed by atoms with Gasteiger partial charge < -0.3 is 21.7 Å². The summed E-state index contributed by atoms with van der Waals surface area (Å²) < 4.78 is 0. The smallest absolute Gasteiger partial charge is 0.251 e. The second-order valence-electron chi connectivity index (χ2n) is 7.14. The van der Waals surface area contributed by atoms with Crippen LogP contribution in [0.3, 0.4) is 0 Å². The van der Waals surface area contributed by atoms with Gasteiger partial charge in [0.05, 0.1) is 6.54 Å². The second kappa shape index (κ2) is 11.9. The molecule has 0 bridgehead atoms. The van der Waals surface area contributed by atoms with Crippen LogP contribution in [-0.4, -0.2) is 37.4 Å². The molecule has 0 saturated carbocycles. The van der Waals surface area contributed by atoms with Crippen LogP contribution in [0.1, 0.15) is 56.0 Å². The lowest BCUT2D eigenvalue weighted by Crippen LogP contribution is -2.41. The zero-order valence-corrected chi connectivity index (χ0v) is 16.8. The highest BCUT2D eigenvalue weighted by atomic mass is 16.2. The van der Waals surface area contributed by atoms with Crippen molar-refractivity contribution in [2.75, 3.05) is 13.6 Å². The summed E-state index contributed by atoms with van der Waals surface area (Å²) in [5.74, 6) is 0.605. The number of primary amides is 1. The van der Waals surface area contributed by atoms with Crippen molar-refractivity contribution in [3.05, 3.63) is 35.4 Å². The normalized spacial score (nSPS) is 12.6. The summed E-state index contributed by atoms with van der Waals surface area (Å²) in [4.78, 5) is 26.8. The molecule has 1 atom stereocenters. The third-order valence-electron chi connectivity index (χ3n) is 4.12. The van der Waals surface area contributed by atoms with Crippen molar-refractivity contribution in [3.63, 3.8) is 0 Å². The molecule has 2 amide bonds. The largest absolute Gasteiger partial charge is 0.368 e. The van der Waals surface area contributed by atoms with E-state index in [0.717, 1.165) is 23.9 Å². The molecule has 0 aromatic heterocycles. The molecule has 0 saturated heterocycles. The average Bonchev–Trinajstić information content (AvgIpc) is 2.63. The van der Waals surface area contributed by atoms with Crippen LogP contribution >= 0.6 is 0 Å². The van der Waals surface area contributed by atoms with Crippen LogP contribution in [0, 0.1) is 5.92 Å². The van der Waals surface area contributed by atoms with Crippen molar-refractivity contribution in [1.82, 2.24) is 16.0 Å². The van der Waals surface area contributed by atoms with E-state index in [2.05, 4.69) is 41.7 Å². The van der Waals surface area contributed by atoms with E-state index in [9.17, 15) is 9.59 Å². The molecule has 0 aliphatic rings. The Bertz CT molecular complexity index is 626. The van der Waals surface area contributed by atoms with Gasteiger partial charge in [-0.05, 0) is 37.0 Å². The molecule has 150 valence electrons. The third-order valence-corrected chi connectivity index (χ3v) is 4.12. The number of nitrogens with one attached hydrogen (secondary N) is 3. The number of benzene rings is 1. The van der Waals surface area contributed by atoms with Gasteiger partial charge in [0.15, 0.2) is 5.96 Å². The summed E-state index contributed by atoms with van der Waals surface area (Å²) in [6.45, 7) is 7.07. The van der Waals surface area contributed by atoms with Gasteiger partial charge in [0.2, 0.25) is 5.91 Å². The van der Waals surface area contributed by atoms with E-state index in [1.54, 1.807) is 19.2 Å². The Balaban J connectivity index is 2.44. The number of nitrogens with two attached hydrogens (primary N) is 1. The molecule has 0 radical (unpaired) electrons. The Morgan fingerprint density at radius 3 is 2.30 bits per heavy atom. The van der Waals surface area contributed by atoms with Crippen molar-refractivity contribution < 1.29 is 9.59 Å². The first-order valence-corrected chi connectivity index (χ1v) is 9.44. The van der Waals surface area contributed by atoms with Crippen LogP contribution < -0.4 is 21.7 Å². The van der Waals surface area contributed by atoms with E-state index in [1.165, 1.54) is 12.8 Å². The van der Waals surface area contributed by atoms with Gasteiger partial charge in [-0.15, -0.1) is 0 Å². The fraction of sp³-hybridized carbons (Fsp3) is 0.550. The number of aliphatic imine (C=N–C) groups is 1. The highest BCUT2D eigenvalue weighted by molar-refractivity contribution is 5.96. The van der Waals surface area contributed by atoms with E-state index in [4.69, 9.17) is 5.73 Å². The van der Waals surface area contributed by atoms with Gasteiger partial charge >= 0.3 is 0 Å². The number of hydrogen-bond acceptors (Lipinski definition) is 3. The lowest BCUT2D eigenvalue weighted by atomic mass is 10.0. The fourth-order valence-electron chi connectivity index (χ4n) is 2.56. The quantitative estimate of drug-likeness (QED) is 0.369. The van der Waals surface area contributed by atoms with Crippen molar-refractivity contribution in [2.45, 2.75) is 52.6 Å². The number of nitrogens with zero attached hydrogens (tertiary/aromatic N) is 1. The predicted molar refractivity (Wildman–Crippen MR) is 109 cm³/mol. The summed E-state index contributed by atoms with van der Waals surface area (Å²) >= 11 is 0. The van der Waals surface area contributed by atoms with E-state index in [-0.39, 0.29) is 12.5 Å². The maximum Gasteiger partial charge on any atom is 0.251 e. The first-order chi connectivity index (χ1) is 12.8. The fourth-order valence-corrected chi connectivity index (χ4v) is 2.56. The summed E-state index contributed by atoms with van der Waals surface area (Å²) in [6.07, 6.45) is 3.54. The number of carbonyl (C=O) groups excluding carboxylic acids is 2. The minimum Gasteiger partial charge on any atom is -0.368 e. The van der Waals surface area contributed by atoms with Crippen LogP contribution in [0.25, 0.3) is 0 Å². The molecule has 0 aliphatic heterocycles. The summed E-state index contributed by atoms with van der Waals surface area (Å²) in [5, 5.41) is 9.14. The maximum atomic E-state index is 11.9. The lowest BCUT2D eigenvalue weighted by molar-refractivity contribution is -0.117. The topological polar surface area (TPSA) is 109 Å². The minimum absolute atomic E-state index is 0.167. The van der Waals surface area contributed by atoms with Crippen molar-refractivity contribution in [1.29, 1.82) is 0 Å². The third kappa shape index (κ3) is 9.63. The van der Waals surface area contributed by atoms with E-state index >= 15 is 0 Å². The molecule has 0 aliphatic carbocycles. The van der Waals surface area contributed by atoms with Crippen molar-refractivity contribution in [3.8, 4) is 0 Å². The molecule has 7 heteroatoms. The lowest BCUT2D eigenvalue weighted by Gasteiger charge is -2.18. The summed E-state index contributed by atoms with van der Waals surface area (Å²) in [6, 6.07) is 7.53. The molecule has 1 aromatic carbocycles. The Morgan fingerprint density at radius 2 is 1.74 bits per heavy atom. The number of carbonyl (C=O) groups is 2. The Labute approximate surface area is 162 Å². The van der Waals surface area contributed by atoms with Gasteiger partial charge in [-0.25, -0.2) is 0 Å². The Morgan fingerprint density at radius 1 is 1.07 bits per heavy atom. The molecular formula is C20H33N5O2. The zero-order valence-electron chi connectivity index (χ0n) is 16.8. The first kappa shape index (κ1) is 22.5. The molecule has 7 nitrogen and oxygen atoms in total. The Kier molecular flexibility index (Phi) is 9.93. The van der Waals surface area contributed by atoms with E-state index < -0.39 is 5.91 Å². The number of rotatable bonds is 10.